The number of nitrogens with zero attached hydrogens (tertiary/aromatic N) is 1. The molecule has 0 spiro atoms. The van der Waals surface area contributed by atoms with E-state index in [1.165, 1.54) is 12.1 Å². The first kappa shape index (κ1) is 15.2. The molecule has 8 heteroatoms. The molecule has 1 rings (SSSR count). The van der Waals surface area contributed by atoms with Crippen LogP contribution in [0, 0.1) is 17.2 Å². The Balaban J connectivity index is 2.85. The van der Waals surface area contributed by atoms with Crippen LogP contribution in [0.25, 0.3) is 0 Å². The van der Waals surface area contributed by atoms with Crippen molar-refractivity contribution in [1.82, 2.24) is 0 Å². The van der Waals surface area contributed by atoms with Gasteiger partial charge < -0.3 is 5.32 Å². The fourth-order valence-electron chi connectivity index (χ4n) is 1.15. The molecule has 0 amide bonds. The second kappa shape index (κ2) is 5.87. The summed E-state index contributed by atoms with van der Waals surface area (Å²) in [5.74, 6) is -2.14. The molecule has 0 bridgehead atoms. The molecule has 0 fully saturated rings. The maximum Gasteiger partial charge on any atom is 0.406 e. The molecule has 0 radical (unpaired) electrons. The second-order valence-electron chi connectivity index (χ2n) is 3.35. The van der Waals surface area contributed by atoms with E-state index in [1.54, 1.807) is 0 Å². The van der Waals surface area contributed by atoms with E-state index in [9.17, 15) is 13.2 Å². The fraction of sp³-hybridized carbons (Fsp3) is 0.300. The van der Waals surface area contributed by atoms with E-state index >= 15 is 0 Å². The minimum atomic E-state index is -4.60. The van der Waals surface area contributed by atoms with Gasteiger partial charge >= 0.3 is 6.18 Å². The van der Waals surface area contributed by atoms with Crippen LogP contribution in [0.15, 0.2) is 12.1 Å². The van der Waals surface area contributed by atoms with Gasteiger partial charge in [-0.25, -0.2) is 0 Å². The van der Waals surface area contributed by atoms with E-state index in [0.717, 1.165) is 6.07 Å². The lowest BCUT2D eigenvalue weighted by Gasteiger charge is -2.16. The third kappa shape index (κ3) is 3.84. The molecule has 1 N–H and O–H groups in total. The quantitative estimate of drug-likeness (QED) is 0.872. The summed E-state index contributed by atoms with van der Waals surface area (Å²) >= 11 is 17.2. The monoisotopic (exact) mass is 316 g/mol. The van der Waals surface area contributed by atoms with Crippen molar-refractivity contribution in [2.75, 3.05) is 11.9 Å². The topological polar surface area (TPSA) is 35.8 Å². The summed E-state index contributed by atoms with van der Waals surface area (Å²) in [4.78, 5) is 0. The zero-order valence-corrected chi connectivity index (χ0v) is 10.9. The van der Waals surface area contributed by atoms with Crippen LogP contribution in [0.3, 0.4) is 0 Å². The third-order valence-electron chi connectivity index (χ3n) is 2.04. The van der Waals surface area contributed by atoms with Crippen molar-refractivity contribution in [3.05, 3.63) is 27.2 Å². The van der Waals surface area contributed by atoms with Crippen LogP contribution in [-0.2, 0) is 0 Å². The van der Waals surface area contributed by atoms with Gasteiger partial charge in [-0.3, -0.25) is 0 Å². The molecule has 0 aromatic heterocycles. The molecule has 0 heterocycles. The molecule has 0 aliphatic heterocycles. The van der Waals surface area contributed by atoms with Gasteiger partial charge in [-0.15, -0.1) is 0 Å². The van der Waals surface area contributed by atoms with Crippen molar-refractivity contribution in [2.45, 2.75) is 6.18 Å². The Hall–Kier alpha value is -0.830. The number of rotatable bonds is 3. The van der Waals surface area contributed by atoms with Crippen LogP contribution in [0.5, 0.6) is 0 Å². The zero-order valence-electron chi connectivity index (χ0n) is 8.65. The number of alkyl halides is 3. The smallest absolute Gasteiger partial charge is 0.381 e. The van der Waals surface area contributed by atoms with Gasteiger partial charge in [0.05, 0.1) is 21.8 Å². The molecule has 1 aromatic rings. The Labute approximate surface area is 116 Å². The summed E-state index contributed by atoms with van der Waals surface area (Å²) < 4.78 is 37.0. The normalized spacial score (nSPS) is 12.9. The average molecular weight is 318 g/mol. The van der Waals surface area contributed by atoms with E-state index < -0.39 is 18.6 Å². The highest BCUT2D eigenvalue weighted by molar-refractivity contribution is 6.41. The lowest BCUT2D eigenvalue weighted by atomic mass is 10.1. The molecule has 1 atom stereocenters. The predicted molar refractivity (Wildman–Crippen MR) is 65.1 cm³/mol. The van der Waals surface area contributed by atoms with Gasteiger partial charge in [0.15, 0.2) is 5.92 Å². The molecule has 1 unspecified atom stereocenters. The van der Waals surface area contributed by atoms with E-state index in [0.29, 0.717) is 0 Å². The number of nitrogens with one attached hydrogen (secondary N) is 1. The van der Waals surface area contributed by atoms with Crippen molar-refractivity contribution in [3.8, 4) is 6.07 Å². The van der Waals surface area contributed by atoms with Gasteiger partial charge in [0.2, 0.25) is 0 Å². The number of benzene rings is 1. The van der Waals surface area contributed by atoms with Gasteiger partial charge in [0.1, 0.15) is 0 Å². The minimum Gasteiger partial charge on any atom is -0.381 e. The van der Waals surface area contributed by atoms with E-state index in [4.69, 9.17) is 40.1 Å². The maximum absolute atomic E-state index is 12.3. The van der Waals surface area contributed by atoms with Gasteiger partial charge in [-0.2, -0.15) is 18.4 Å². The lowest BCUT2D eigenvalue weighted by Crippen LogP contribution is -2.28. The maximum atomic E-state index is 12.3. The highest BCUT2D eigenvalue weighted by Gasteiger charge is 2.39. The van der Waals surface area contributed by atoms with E-state index in [-0.39, 0.29) is 20.8 Å². The molecular weight excluding hydrogens is 311 g/mol. The van der Waals surface area contributed by atoms with Crippen LogP contribution in [0.4, 0.5) is 18.9 Å². The van der Waals surface area contributed by atoms with Gasteiger partial charge in [-0.1, -0.05) is 34.8 Å². The van der Waals surface area contributed by atoms with E-state index in [1.807, 2.05) is 0 Å². The molecule has 18 heavy (non-hydrogen) atoms. The molecule has 0 aliphatic rings. The van der Waals surface area contributed by atoms with Crippen LogP contribution in [-0.4, -0.2) is 12.7 Å². The summed E-state index contributed by atoms with van der Waals surface area (Å²) in [6.45, 7) is -0.638. The summed E-state index contributed by atoms with van der Waals surface area (Å²) in [6, 6.07) is 3.84. The number of nitriles is 1. The molecular formula is C10H6Cl3F3N2. The molecule has 98 valence electrons. The second-order valence-corrected chi connectivity index (χ2v) is 4.60. The number of anilines is 1. The summed E-state index contributed by atoms with van der Waals surface area (Å²) in [7, 11) is 0. The first-order valence-corrected chi connectivity index (χ1v) is 5.74. The zero-order chi connectivity index (χ0) is 13.9. The molecule has 0 aliphatic carbocycles. The number of hydrogen-bond donors (Lipinski definition) is 1. The molecule has 0 saturated carbocycles. The summed E-state index contributed by atoms with van der Waals surface area (Å²) in [6.07, 6.45) is -4.60. The average Bonchev–Trinajstić information content (AvgIpc) is 2.19. The van der Waals surface area contributed by atoms with Crippen molar-refractivity contribution < 1.29 is 13.2 Å². The van der Waals surface area contributed by atoms with Crippen LogP contribution >= 0.6 is 34.8 Å². The molecule has 2 nitrogen and oxygen atoms in total. The van der Waals surface area contributed by atoms with Crippen molar-refractivity contribution in [3.63, 3.8) is 0 Å². The fourth-order valence-corrected chi connectivity index (χ4v) is 2.10. The molecule has 0 saturated heterocycles. The lowest BCUT2D eigenvalue weighted by molar-refractivity contribution is -0.155. The first-order chi connectivity index (χ1) is 8.25. The third-order valence-corrected chi connectivity index (χ3v) is 2.86. The van der Waals surface area contributed by atoms with Gasteiger partial charge in [0.25, 0.3) is 0 Å². The largest absolute Gasteiger partial charge is 0.406 e. The van der Waals surface area contributed by atoms with E-state index in [2.05, 4.69) is 5.32 Å². The van der Waals surface area contributed by atoms with Crippen LogP contribution in [0.1, 0.15) is 0 Å². The Bertz CT molecular complexity index is 459. The summed E-state index contributed by atoms with van der Waals surface area (Å²) in [5.41, 5.74) is 0.118. The predicted octanol–water partition coefficient (Wildman–Crippen LogP) is 4.76. The summed E-state index contributed by atoms with van der Waals surface area (Å²) in [5, 5.41) is 11.3. The standard InChI is InChI=1S/C10H6Cl3F3N2/c11-6-1-7(12)9(8(13)2-6)18-4-5(3-17)10(14,15)16/h1-2,5,18H,4H2. The highest BCUT2D eigenvalue weighted by Crippen LogP contribution is 2.34. The van der Waals surface area contributed by atoms with Crippen molar-refractivity contribution >= 4 is 40.5 Å². The number of hydrogen-bond acceptors (Lipinski definition) is 2. The minimum absolute atomic E-state index is 0.0892. The van der Waals surface area contributed by atoms with Crippen molar-refractivity contribution in [2.24, 2.45) is 5.92 Å². The van der Waals surface area contributed by atoms with Crippen LogP contribution < -0.4 is 5.32 Å². The Morgan fingerprint density at radius 1 is 1.22 bits per heavy atom. The first-order valence-electron chi connectivity index (χ1n) is 4.60. The van der Waals surface area contributed by atoms with Crippen LogP contribution in [0.2, 0.25) is 15.1 Å². The Morgan fingerprint density at radius 3 is 2.11 bits per heavy atom. The molecule has 1 aromatic carbocycles. The van der Waals surface area contributed by atoms with Gasteiger partial charge in [-0.05, 0) is 12.1 Å². The van der Waals surface area contributed by atoms with Crippen molar-refractivity contribution in [1.29, 1.82) is 5.26 Å². The van der Waals surface area contributed by atoms with Gasteiger partial charge in [0, 0.05) is 11.6 Å². The highest BCUT2D eigenvalue weighted by atomic mass is 35.5. The number of halogens is 6. The SMILES string of the molecule is N#CC(CNc1c(Cl)cc(Cl)cc1Cl)C(F)(F)F. The Kier molecular flexibility index (Phi) is 4.97. The Morgan fingerprint density at radius 2 is 1.72 bits per heavy atom.